The van der Waals surface area contributed by atoms with Gasteiger partial charge in [0.1, 0.15) is 0 Å². The van der Waals surface area contributed by atoms with Crippen LogP contribution < -0.4 is 10.6 Å². The first-order valence-corrected chi connectivity index (χ1v) is 13.4. The van der Waals surface area contributed by atoms with Crippen LogP contribution in [-0.4, -0.2) is 31.8 Å². The van der Waals surface area contributed by atoms with Crippen molar-refractivity contribution in [2.45, 2.75) is 73.8 Å². The summed E-state index contributed by atoms with van der Waals surface area (Å²) in [6.07, 6.45) is 5.23. The standard InChI is InChI=1S/C27H32N2O2S/c1-2-3-6-19-10-13-23(14-11-19)32(30,31)27-25-16-15-24(29-25)26(27)28-18-20-9-12-21-7-4-5-8-22(21)17-20/h4-5,7-14,17,24-29H,2-3,6,15-16,18H2,1H3. The maximum atomic E-state index is 13.7. The summed E-state index contributed by atoms with van der Waals surface area (Å²) in [6.45, 7) is 2.84. The molecular weight excluding hydrogens is 416 g/mol. The molecule has 5 rings (SSSR count). The van der Waals surface area contributed by atoms with Crippen molar-refractivity contribution in [2.24, 2.45) is 0 Å². The Kier molecular flexibility index (Phi) is 6.06. The summed E-state index contributed by atoms with van der Waals surface area (Å²) in [5.74, 6) is 0. The molecule has 2 fully saturated rings. The van der Waals surface area contributed by atoms with Gasteiger partial charge >= 0.3 is 0 Å². The molecule has 2 N–H and O–H groups in total. The van der Waals surface area contributed by atoms with Crippen molar-refractivity contribution in [1.29, 1.82) is 0 Å². The van der Waals surface area contributed by atoms with Crippen LogP contribution in [0.2, 0.25) is 0 Å². The fourth-order valence-electron chi connectivity index (χ4n) is 5.46. The molecule has 5 heteroatoms. The van der Waals surface area contributed by atoms with Gasteiger partial charge in [0.15, 0.2) is 9.84 Å². The third-order valence-electron chi connectivity index (χ3n) is 7.19. The van der Waals surface area contributed by atoms with Crippen molar-refractivity contribution < 1.29 is 8.42 Å². The lowest BCUT2D eigenvalue weighted by molar-refractivity contribution is 0.409. The average Bonchev–Trinajstić information content (AvgIpc) is 3.43. The summed E-state index contributed by atoms with van der Waals surface area (Å²) >= 11 is 0. The van der Waals surface area contributed by atoms with Crippen molar-refractivity contribution in [2.75, 3.05) is 0 Å². The second-order valence-corrected chi connectivity index (χ2v) is 11.4. The zero-order chi connectivity index (χ0) is 22.1. The van der Waals surface area contributed by atoms with Gasteiger partial charge in [-0.05, 0) is 65.8 Å². The number of hydrogen-bond acceptors (Lipinski definition) is 4. The molecule has 2 heterocycles. The van der Waals surface area contributed by atoms with Crippen LogP contribution >= 0.6 is 0 Å². The molecule has 0 saturated carbocycles. The van der Waals surface area contributed by atoms with Crippen LogP contribution in [0.3, 0.4) is 0 Å². The quantitative estimate of drug-likeness (QED) is 0.528. The van der Waals surface area contributed by atoms with E-state index in [2.05, 4.69) is 54.0 Å². The van der Waals surface area contributed by atoms with Gasteiger partial charge in [0.2, 0.25) is 0 Å². The SMILES string of the molecule is CCCCc1ccc(S(=O)(=O)C2C3CCC(N3)C2NCc2ccc3ccccc3c2)cc1. The Bertz CT molecular complexity index is 1190. The molecule has 0 amide bonds. The normalized spacial score (nSPS) is 24.9. The molecular formula is C27H32N2O2S. The van der Waals surface area contributed by atoms with E-state index in [0.29, 0.717) is 11.4 Å². The van der Waals surface area contributed by atoms with E-state index < -0.39 is 15.1 Å². The predicted octanol–water partition coefficient (Wildman–Crippen LogP) is 4.62. The minimum absolute atomic E-state index is 0.0267. The molecule has 3 aromatic carbocycles. The largest absolute Gasteiger partial charge is 0.308 e. The van der Waals surface area contributed by atoms with Crippen LogP contribution in [-0.2, 0) is 22.8 Å². The van der Waals surface area contributed by atoms with E-state index in [1.165, 1.54) is 21.9 Å². The number of fused-ring (bicyclic) bond motifs is 3. The van der Waals surface area contributed by atoms with E-state index in [1.807, 2.05) is 30.3 Å². The Labute approximate surface area is 191 Å². The van der Waals surface area contributed by atoms with Crippen molar-refractivity contribution in [3.63, 3.8) is 0 Å². The second-order valence-electron chi connectivity index (χ2n) is 9.30. The lowest BCUT2D eigenvalue weighted by Gasteiger charge is -2.30. The zero-order valence-corrected chi connectivity index (χ0v) is 19.4. The third-order valence-corrected chi connectivity index (χ3v) is 9.45. The molecule has 168 valence electrons. The molecule has 0 radical (unpaired) electrons. The fourth-order valence-corrected chi connectivity index (χ4v) is 7.61. The number of sulfone groups is 1. The van der Waals surface area contributed by atoms with E-state index in [-0.39, 0.29) is 18.1 Å². The lowest BCUT2D eigenvalue weighted by atomic mass is 9.94. The maximum Gasteiger partial charge on any atom is 0.184 e. The highest BCUT2D eigenvalue weighted by molar-refractivity contribution is 7.92. The molecule has 3 aromatic rings. The molecule has 2 aliphatic rings. The third kappa shape index (κ3) is 4.09. The van der Waals surface area contributed by atoms with Crippen molar-refractivity contribution in [3.8, 4) is 0 Å². The molecule has 4 nitrogen and oxygen atoms in total. The molecule has 4 unspecified atom stereocenters. The molecule has 2 aliphatic heterocycles. The van der Waals surface area contributed by atoms with Gasteiger partial charge in [-0.25, -0.2) is 8.42 Å². The van der Waals surface area contributed by atoms with Crippen molar-refractivity contribution in [3.05, 3.63) is 77.9 Å². The number of hydrogen-bond donors (Lipinski definition) is 2. The number of aryl methyl sites for hydroxylation is 1. The Morgan fingerprint density at radius 2 is 1.62 bits per heavy atom. The number of nitrogens with one attached hydrogen (secondary N) is 2. The van der Waals surface area contributed by atoms with Crippen LogP contribution in [0.1, 0.15) is 43.7 Å². The molecule has 0 aromatic heterocycles. The second kappa shape index (κ2) is 8.97. The number of unbranched alkanes of at least 4 members (excludes halogenated alkanes) is 1. The zero-order valence-electron chi connectivity index (χ0n) is 18.6. The van der Waals surface area contributed by atoms with Gasteiger partial charge in [0.05, 0.1) is 10.1 Å². The fraction of sp³-hybridized carbons (Fsp3) is 0.407. The topological polar surface area (TPSA) is 58.2 Å². The minimum atomic E-state index is -3.42. The Balaban J connectivity index is 1.35. The van der Waals surface area contributed by atoms with E-state index in [4.69, 9.17) is 0 Å². The Morgan fingerprint density at radius 3 is 2.41 bits per heavy atom. The highest BCUT2D eigenvalue weighted by atomic mass is 32.2. The molecule has 32 heavy (non-hydrogen) atoms. The summed E-state index contributed by atoms with van der Waals surface area (Å²) in [7, 11) is -3.42. The molecule has 2 saturated heterocycles. The minimum Gasteiger partial charge on any atom is -0.308 e. The van der Waals surface area contributed by atoms with Gasteiger partial charge in [0.25, 0.3) is 0 Å². The lowest BCUT2D eigenvalue weighted by Crippen LogP contribution is -2.50. The van der Waals surface area contributed by atoms with Gasteiger partial charge < -0.3 is 10.6 Å². The monoisotopic (exact) mass is 448 g/mol. The first-order chi connectivity index (χ1) is 15.6. The first kappa shape index (κ1) is 21.6. The Hall–Kier alpha value is -2.21. The number of rotatable bonds is 8. The average molecular weight is 449 g/mol. The van der Waals surface area contributed by atoms with Gasteiger partial charge in [-0.1, -0.05) is 61.9 Å². The highest BCUT2D eigenvalue weighted by Crippen LogP contribution is 2.36. The molecule has 2 bridgehead atoms. The van der Waals surface area contributed by atoms with Gasteiger partial charge in [0, 0.05) is 24.7 Å². The first-order valence-electron chi connectivity index (χ1n) is 11.9. The Morgan fingerprint density at radius 1 is 0.906 bits per heavy atom. The molecule has 0 aliphatic carbocycles. The summed E-state index contributed by atoms with van der Waals surface area (Å²) in [5.41, 5.74) is 2.39. The molecule has 4 atom stereocenters. The summed E-state index contributed by atoms with van der Waals surface area (Å²) in [5, 5.41) is 9.19. The van der Waals surface area contributed by atoms with Gasteiger partial charge in [-0.2, -0.15) is 0 Å². The van der Waals surface area contributed by atoms with E-state index in [9.17, 15) is 8.42 Å². The van der Waals surface area contributed by atoms with Crippen LogP contribution in [0.25, 0.3) is 10.8 Å². The predicted molar refractivity (Wildman–Crippen MR) is 131 cm³/mol. The summed E-state index contributed by atoms with van der Waals surface area (Å²) < 4.78 is 27.3. The van der Waals surface area contributed by atoms with Gasteiger partial charge in [-0.15, -0.1) is 0 Å². The van der Waals surface area contributed by atoms with Crippen LogP contribution in [0, 0.1) is 0 Å². The number of benzene rings is 3. The van der Waals surface area contributed by atoms with Crippen molar-refractivity contribution >= 4 is 20.6 Å². The van der Waals surface area contributed by atoms with Crippen molar-refractivity contribution in [1.82, 2.24) is 10.6 Å². The van der Waals surface area contributed by atoms with E-state index >= 15 is 0 Å². The van der Waals surface area contributed by atoms with Crippen LogP contribution in [0.4, 0.5) is 0 Å². The van der Waals surface area contributed by atoms with E-state index in [0.717, 1.165) is 32.1 Å². The van der Waals surface area contributed by atoms with Crippen LogP contribution in [0.15, 0.2) is 71.6 Å². The van der Waals surface area contributed by atoms with Crippen LogP contribution in [0.5, 0.6) is 0 Å². The summed E-state index contributed by atoms with van der Waals surface area (Å²) in [4.78, 5) is 0.453. The summed E-state index contributed by atoms with van der Waals surface area (Å²) in [6, 6.07) is 22.6. The van der Waals surface area contributed by atoms with Gasteiger partial charge in [-0.3, -0.25) is 0 Å². The molecule has 0 spiro atoms. The maximum absolute atomic E-state index is 13.7. The van der Waals surface area contributed by atoms with E-state index in [1.54, 1.807) is 0 Å². The smallest absolute Gasteiger partial charge is 0.184 e. The highest BCUT2D eigenvalue weighted by Gasteiger charge is 2.53.